The van der Waals surface area contributed by atoms with Crippen LogP contribution in [-0.4, -0.2) is 19.2 Å². The Morgan fingerprint density at radius 3 is 2.78 bits per heavy atom. The van der Waals surface area contributed by atoms with E-state index in [0.29, 0.717) is 0 Å². The summed E-state index contributed by atoms with van der Waals surface area (Å²) >= 11 is 4.85. The molecule has 3 N–H and O–H groups in total. The number of carbonyl (C=O) groups is 1. The summed E-state index contributed by atoms with van der Waals surface area (Å²) < 4.78 is 7.08. The molecule has 0 aliphatic rings. The number of nitrogens with one attached hydrogen (secondary N) is 1. The van der Waals surface area contributed by atoms with Crippen molar-refractivity contribution in [3.63, 3.8) is 0 Å². The van der Waals surface area contributed by atoms with Gasteiger partial charge in [-0.05, 0) is 0 Å². The monoisotopic (exact) mass is 151 g/mol. The first kappa shape index (κ1) is 8.03. The molecular weight excluding hydrogens is 146 g/mol. The summed E-state index contributed by atoms with van der Waals surface area (Å²) in [6.07, 6.45) is -0.697. The van der Waals surface area contributed by atoms with Gasteiger partial charge in [-0.15, -0.1) is 4.51 Å². The number of carbonyl (C=O) groups excluding carboxylic acids is 1. The highest BCUT2D eigenvalue weighted by Crippen LogP contribution is 1.74. The lowest BCUT2D eigenvalue weighted by molar-refractivity contribution is 0.176. The molecule has 0 aromatic carbocycles. The Bertz CT molecular complexity index is 135. The van der Waals surface area contributed by atoms with Crippen molar-refractivity contribution in [2.75, 3.05) is 7.11 Å². The van der Waals surface area contributed by atoms with Gasteiger partial charge in [0.25, 0.3) is 0 Å². The minimum absolute atomic E-state index is 0.191. The normalized spacial score (nSPS) is 10.7. The third-order valence-corrected chi connectivity index (χ3v) is 0.689. The van der Waals surface area contributed by atoms with E-state index in [1.165, 1.54) is 7.11 Å². The van der Waals surface area contributed by atoms with Crippen LogP contribution in [0.3, 0.4) is 0 Å². The minimum Gasteiger partial charge on any atom is -0.453 e. The quantitative estimate of drug-likeness (QED) is 0.372. The summed E-state index contributed by atoms with van der Waals surface area (Å²) in [7, 11) is 1.21. The predicted molar refractivity (Wildman–Crippen MR) is 33.0 cm³/mol. The molecule has 0 atom stereocenters. The fourth-order valence-electron chi connectivity index (χ4n) is 0.177. The van der Waals surface area contributed by atoms with E-state index in [0.717, 1.165) is 0 Å². The zero-order valence-electron chi connectivity index (χ0n) is 4.72. The molecule has 0 bridgehead atoms. The summed E-state index contributed by atoms with van der Waals surface area (Å²) in [5.41, 5.74) is 4.96. The summed E-state index contributed by atoms with van der Waals surface area (Å²) in [4.78, 5) is 10.2. The fourth-order valence-corrected chi connectivity index (χ4v) is 0.219. The van der Waals surface area contributed by atoms with Crippen molar-refractivity contribution in [1.29, 1.82) is 0 Å². The summed E-state index contributed by atoms with van der Waals surface area (Å²) in [6.45, 7) is 0. The van der Waals surface area contributed by atoms with Gasteiger partial charge in [0.05, 0.1) is 7.11 Å². The molecule has 1 amide bonds. The summed E-state index contributed by atoms with van der Waals surface area (Å²) in [5, 5.41) is 2.01. The van der Waals surface area contributed by atoms with Crippen LogP contribution in [0.2, 0.25) is 0 Å². The SMILES string of the molecule is COC(=O)N/C(N)=N/Cl. The molecule has 0 aliphatic heterocycles. The molecule has 0 aromatic rings. The van der Waals surface area contributed by atoms with Crippen molar-refractivity contribution in [3.8, 4) is 0 Å². The average Bonchev–Trinajstić information content (AvgIpc) is 1.87. The molecule has 6 heteroatoms. The first-order chi connectivity index (χ1) is 4.20. The molecule has 5 nitrogen and oxygen atoms in total. The van der Waals surface area contributed by atoms with E-state index >= 15 is 0 Å². The number of halogens is 1. The minimum atomic E-state index is -0.697. The zero-order chi connectivity index (χ0) is 7.28. The maximum Gasteiger partial charge on any atom is 0.413 e. The molecule has 0 saturated carbocycles. The van der Waals surface area contributed by atoms with E-state index in [-0.39, 0.29) is 5.96 Å². The molecule has 0 rings (SSSR count). The van der Waals surface area contributed by atoms with Gasteiger partial charge in [0.15, 0.2) is 0 Å². The van der Waals surface area contributed by atoms with Crippen LogP contribution in [0.1, 0.15) is 0 Å². The van der Waals surface area contributed by atoms with E-state index in [9.17, 15) is 4.79 Å². The average molecular weight is 152 g/mol. The van der Waals surface area contributed by atoms with Gasteiger partial charge in [-0.2, -0.15) is 0 Å². The molecule has 0 aromatic heterocycles. The molecule has 0 saturated heterocycles. The van der Waals surface area contributed by atoms with Crippen molar-refractivity contribution >= 4 is 23.8 Å². The van der Waals surface area contributed by atoms with E-state index in [2.05, 4.69) is 9.25 Å². The van der Waals surface area contributed by atoms with Crippen LogP contribution >= 0.6 is 11.8 Å². The number of nitrogens with zero attached hydrogens (tertiary/aromatic N) is 1. The lowest BCUT2D eigenvalue weighted by Gasteiger charge is -1.97. The predicted octanol–water partition coefficient (Wildman–Crippen LogP) is -0.189. The maximum absolute atomic E-state index is 10.2. The van der Waals surface area contributed by atoms with Crippen LogP contribution in [0.4, 0.5) is 4.79 Å². The molecule has 0 aliphatic carbocycles. The highest BCUT2D eigenvalue weighted by atomic mass is 35.5. The summed E-state index contributed by atoms with van der Waals surface area (Å²) in [5.74, 6) is -0.191. The van der Waals surface area contributed by atoms with Gasteiger partial charge in [-0.25, -0.2) is 4.79 Å². The van der Waals surface area contributed by atoms with Gasteiger partial charge in [-0.3, -0.25) is 5.32 Å². The second kappa shape index (κ2) is 3.96. The highest BCUT2D eigenvalue weighted by molar-refractivity contribution is 6.20. The Kier molecular flexibility index (Phi) is 3.54. The number of alkyl carbamates (subject to hydrolysis) is 1. The molecule has 9 heavy (non-hydrogen) atoms. The molecule has 0 fully saturated rings. The Hall–Kier alpha value is -0.970. The van der Waals surface area contributed by atoms with Gasteiger partial charge >= 0.3 is 6.09 Å². The van der Waals surface area contributed by atoms with Crippen LogP contribution in [0.5, 0.6) is 0 Å². The standard InChI is InChI=1S/C3H6ClN3O2/c1-9-3(8)6-2(5)7-4/h1H3,(H3,5,6,7,8). The topological polar surface area (TPSA) is 76.7 Å². The Morgan fingerprint density at radius 1 is 1.89 bits per heavy atom. The zero-order valence-corrected chi connectivity index (χ0v) is 5.47. The van der Waals surface area contributed by atoms with Crippen molar-refractivity contribution < 1.29 is 9.53 Å². The Labute approximate surface area is 56.9 Å². The number of amides is 1. The van der Waals surface area contributed by atoms with E-state index in [4.69, 9.17) is 17.5 Å². The van der Waals surface area contributed by atoms with Crippen molar-refractivity contribution in [2.24, 2.45) is 10.2 Å². The van der Waals surface area contributed by atoms with Crippen LogP contribution in [0.25, 0.3) is 0 Å². The molecule has 0 radical (unpaired) electrons. The number of ether oxygens (including phenoxy) is 1. The number of guanidine groups is 1. The third-order valence-electron chi connectivity index (χ3n) is 0.507. The van der Waals surface area contributed by atoms with E-state index < -0.39 is 6.09 Å². The summed E-state index contributed by atoms with van der Waals surface area (Å²) in [6, 6.07) is 0. The first-order valence-electron chi connectivity index (χ1n) is 2.00. The van der Waals surface area contributed by atoms with Crippen molar-refractivity contribution in [1.82, 2.24) is 5.32 Å². The van der Waals surface area contributed by atoms with Crippen LogP contribution in [-0.2, 0) is 4.74 Å². The molecule has 0 heterocycles. The highest BCUT2D eigenvalue weighted by Gasteiger charge is 1.98. The van der Waals surface area contributed by atoms with E-state index in [1.54, 1.807) is 0 Å². The maximum atomic E-state index is 10.2. The Morgan fingerprint density at radius 2 is 2.44 bits per heavy atom. The third kappa shape index (κ3) is 3.60. The smallest absolute Gasteiger partial charge is 0.413 e. The fraction of sp³-hybridized carbons (Fsp3) is 0.333. The van der Waals surface area contributed by atoms with Gasteiger partial charge in [0.1, 0.15) is 0 Å². The van der Waals surface area contributed by atoms with E-state index in [1.807, 2.05) is 5.32 Å². The van der Waals surface area contributed by atoms with Gasteiger partial charge in [-0.1, -0.05) is 0 Å². The van der Waals surface area contributed by atoms with Gasteiger partial charge < -0.3 is 10.5 Å². The number of hydrogen-bond donors (Lipinski definition) is 2. The van der Waals surface area contributed by atoms with Crippen molar-refractivity contribution in [3.05, 3.63) is 0 Å². The number of hydrogen-bond acceptors (Lipinski definition) is 3. The van der Waals surface area contributed by atoms with Crippen LogP contribution in [0, 0.1) is 0 Å². The second-order valence-corrected chi connectivity index (χ2v) is 1.26. The van der Waals surface area contributed by atoms with Gasteiger partial charge in [0, 0.05) is 11.8 Å². The van der Waals surface area contributed by atoms with Crippen LogP contribution < -0.4 is 11.1 Å². The lowest BCUT2D eigenvalue weighted by Crippen LogP contribution is -2.35. The largest absolute Gasteiger partial charge is 0.453 e. The second-order valence-electron chi connectivity index (χ2n) is 1.09. The molecule has 0 spiro atoms. The number of methoxy groups -OCH3 is 1. The van der Waals surface area contributed by atoms with Crippen molar-refractivity contribution in [2.45, 2.75) is 0 Å². The first-order valence-corrected chi connectivity index (χ1v) is 2.34. The van der Waals surface area contributed by atoms with Crippen LogP contribution in [0.15, 0.2) is 4.51 Å². The Balaban J connectivity index is 3.60. The number of rotatable bonds is 0. The molecule has 52 valence electrons. The molecular formula is C3H6ClN3O2. The molecule has 0 unspecified atom stereocenters. The lowest BCUT2D eigenvalue weighted by atomic mass is 10.9. The number of nitrogens with two attached hydrogens (primary N) is 1. The van der Waals surface area contributed by atoms with Gasteiger partial charge in [0.2, 0.25) is 5.96 Å².